The Morgan fingerprint density at radius 3 is 3.18 bits per heavy atom. The van der Waals surface area contributed by atoms with Gasteiger partial charge in [0.05, 0.1) is 11.8 Å². The SMILES string of the molecule is O=C1CC(O)Cc2nnsc21. The molecule has 1 N–H and O–H groups in total. The van der Waals surface area contributed by atoms with Gasteiger partial charge in [0, 0.05) is 12.8 Å². The van der Waals surface area contributed by atoms with E-state index in [9.17, 15) is 4.79 Å². The summed E-state index contributed by atoms with van der Waals surface area (Å²) in [5.74, 6) is -0.0336. The smallest absolute Gasteiger partial charge is 0.178 e. The maximum absolute atomic E-state index is 11.1. The summed E-state index contributed by atoms with van der Waals surface area (Å²) < 4.78 is 3.65. The van der Waals surface area contributed by atoms with Gasteiger partial charge in [-0.3, -0.25) is 4.79 Å². The predicted octanol–water partition coefficient (Wildman–Crippen LogP) is 0.0279. The highest BCUT2D eigenvalue weighted by atomic mass is 32.1. The van der Waals surface area contributed by atoms with Crippen molar-refractivity contribution in [2.75, 3.05) is 0 Å². The predicted molar refractivity (Wildman–Crippen MR) is 38.6 cm³/mol. The molecule has 1 aromatic heterocycles. The summed E-state index contributed by atoms with van der Waals surface area (Å²) in [4.78, 5) is 11.7. The molecule has 1 aromatic rings. The molecule has 0 aliphatic heterocycles. The standard InChI is InChI=1S/C6H6N2O2S/c9-3-1-4-6(5(10)2-3)11-8-7-4/h3,9H,1-2H2. The van der Waals surface area contributed by atoms with Crippen LogP contribution in [0.25, 0.3) is 0 Å². The number of aliphatic hydroxyl groups is 1. The fourth-order valence-electron chi connectivity index (χ4n) is 1.16. The molecular formula is C6H6N2O2S. The molecule has 1 aliphatic carbocycles. The van der Waals surface area contributed by atoms with Gasteiger partial charge in [0.1, 0.15) is 4.88 Å². The van der Waals surface area contributed by atoms with Crippen molar-refractivity contribution >= 4 is 17.3 Å². The largest absolute Gasteiger partial charge is 0.392 e. The van der Waals surface area contributed by atoms with Gasteiger partial charge in [-0.25, -0.2) is 0 Å². The summed E-state index contributed by atoms with van der Waals surface area (Å²) in [6.07, 6.45) is 0.132. The lowest BCUT2D eigenvalue weighted by Crippen LogP contribution is -2.22. The number of fused-ring (bicyclic) bond motifs is 1. The van der Waals surface area contributed by atoms with Gasteiger partial charge in [0.15, 0.2) is 5.78 Å². The highest BCUT2D eigenvalue weighted by Crippen LogP contribution is 2.21. The van der Waals surface area contributed by atoms with Gasteiger partial charge in [-0.05, 0) is 11.5 Å². The first kappa shape index (κ1) is 6.87. The normalized spacial score (nSPS) is 23.4. The van der Waals surface area contributed by atoms with Crippen LogP contribution in [-0.2, 0) is 6.42 Å². The summed E-state index contributed by atoms with van der Waals surface area (Å²) in [5.41, 5.74) is 0.652. The highest BCUT2D eigenvalue weighted by Gasteiger charge is 2.26. The Morgan fingerprint density at radius 1 is 1.55 bits per heavy atom. The van der Waals surface area contributed by atoms with E-state index < -0.39 is 6.10 Å². The van der Waals surface area contributed by atoms with E-state index in [1.807, 2.05) is 0 Å². The summed E-state index contributed by atoms with van der Waals surface area (Å²) in [5, 5.41) is 12.9. The summed E-state index contributed by atoms with van der Waals surface area (Å²) in [7, 11) is 0. The van der Waals surface area contributed by atoms with E-state index in [1.54, 1.807) is 0 Å². The zero-order valence-electron chi connectivity index (χ0n) is 5.65. The maximum atomic E-state index is 11.1. The average molecular weight is 170 g/mol. The monoisotopic (exact) mass is 170 g/mol. The van der Waals surface area contributed by atoms with Crippen molar-refractivity contribution in [2.24, 2.45) is 0 Å². The molecule has 1 atom stereocenters. The lowest BCUT2D eigenvalue weighted by atomic mass is 9.99. The lowest BCUT2D eigenvalue weighted by Gasteiger charge is -2.12. The molecule has 5 heteroatoms. The molecule has 1 aliphatic rings. The van der Waals surface area contributed by atoms with Crippen LogP contribution in [-0.4, -0.2) is 26.6 Å². The first-order chi connectivity index (χ1) is 5.27. The molecule has 0 amide bonds. The van der Waals surface area contributed by atoms with E-state index in [0.717, 1.165) is 11.5 Å². The zero-order valence-corrected chi connectivity index (χ0v) is 6.47. The Morgan fingerprint density at radius 2 is 2.36 bits per heavy atom. The number of carbonyl (C=O) groups is 1. The van der Waals surface area contributed by atoms with Crippen molar-refractivity contribution in [1.82, 2.24) is 9.59 Å². The van der Waals surface area contributed by atoms with Gasteiger partial charge in [-0.2, -0.15) is 0 Å². The molecule has 0 bridgehead atoms. The highest BCUT2D eigenvalue weighted by molar-refractivity contribution is 7.08. The fourth-order valence-corrected chi connectivity index (χ4v) is 1.79. The molecule has 1 unspecified atom stereocenters. The second-order valence-corrected chi connectivity index (χ2v) is 3.29. The number of aliphatic hydroxyl groups excluding tert-OH is 1. The number of nitrogens with zero attached hydrogens (tertiary/aromatic N) is 2. The van der Waals surface area contributed by atoms with E-state index in [2.05, 4.69) is 9.59 Å². The molecule has 2 rings (SSSR count). The number of Topliss-reactive ketones (excluding diaryl/α,β-unsaturated/α-hetero) is 1. The first-order valence-electron chi connectivity index (χ1n) is 3.30. The molecule has 11 heavy (non-hydrogen) atoms. The zero-order chi connectivity index (χ0) is 7.84. The molecule has 4 nitrogen and oxygen atoms in total. The van der Waals surface area contributed by atoms with Crippen LogP contribution in [0.2, 0.25) is 0 Å². The van der Waals surface area contributed by atoms with Crippen molar-refractivity contribution in [3.63, 3.8) is 0 Å². The van der Waals surface area contributed by atoms with Crippen molar-refractivity contribution < 1.29 is 9.90 Å². The molecule has 58 valence electrons. The van der Waals surface area contributed by atoms with Crippen molar-refractivity contribution in [3.8, 4) is 0 Å². The number of ketones is 1. The summed E-state index contributed by atoms with van der Waals surface area (Å²) in [6, 6.07) is 0. The summed E-state index contributed by atoms with van der Waals surface area (Å²) in [6.45, 7) is 0. The van der Waals surface area contributed by atoms with Crippen LogP contribution in [0.1, 0.15) is 21.8 Å². The van der Waals surface area contributed by atoms with Gasteiger partial charge in [0.25, 0.3) is 0 Å². The summed E-state index contributed by atoms with van der Waals surface area (Å²) >= 11 is 1.11. The van der Waals surface area contributed by atoms with Gasteiger partial charge >= 0.3 is 0 Å². The van der Waals surface area contributed by atoms with Gasteiger partial charge in [-0.1, -0.05) is 4.49 Å². The van der Waals surface area contributed by atoms with Crippen LogP contribution in [0.15, 0.2) is 0 Å². The second kappa shape index (κ2) is 2.35. The van der Waals surface area contributed by atoms with Crippen LogP contribution in [0.4, 0.5) is 0 Å². The van der Waals surface area contributed by atoms with E-state index in [4.69, 9.17) is 5.11 Å². The minimum Gasteiger partial charge on any atom is -0.392 e. The molecule has 1 heterocycles. The van der Waals surface area contributed by atoms with Crippen molar-refractivity contribution in [2.45, 2.75) is 18.9 Å². The van der Waals surface area contributed by atoms with Crippen LogP contribution >= 0.6 is 11.5 Å². The third-order valence-electron chi connectivity index (χ3n) is 1.66. The van der Waals surface area contributed by atoms with Crippen LogP contribution in [0.5, 0.6) is 0 Å². The average Bonchev–Trinajstić information content (AvgIpc) is 2.34. The first-order valence-corrected chi connectivity index (χ1v) is 4.07. The molecule has 0 radical (unpaired) electrons. The molecule has 0 fully saturated rings. The number of hydrogen-bond acceptors (Lipinski definition) is 5. The molecular weight excluding hydrogens is 164 g/mol. The molecule has 0 spiro atoms. The van der Waals surface area contributed by atoms with Gasteiger partial charge in [0.2, 0.25) is 0 Å². The van der Waals surface area contributed by atoms with Crippen molar-refractivity contribution in [3.05, 3.63) is 10.6 Å². The van der Waals surface area contributed by atoms with Crippen molar-refractivity contribution in [1.29, 1.82) is 0 Å². The Balaban J connectivity index is 2.44. The third-order valence-corrected chi connectivity index (χ3v) is 2.47. The Bertz CT molecular complexity index is 297. The quantitative estimate of drug-likeness (QED) is 0.596. The molecule has 0 saturated heterocycles. The number of rotatable bonds is 0. The van der Waals surface area contributed by atoms with Gasteiger partial charge in [-0.15, -0.1) is 5.10 Å². The van der Waals surface area contributed by atoms with Crippen LogP contribution in [0, 0.1) is 0 Å². The van der Waals surface area contributed by atoms with E-state index in [1.165, 1.54) is 0 Å². The molecule has 0 aromatic carbocycles. The Labute approximate surface area is 67.0 Å². The third kappa shape index (κ3) is 1.06. The van der Waals surface area contributed by atoms with Gasteiger partial charge < -0.3 is 5.11 Å². The van der Waals surface area contributed by atoms with E-state index in [-0.39, 0.29) is 12.2 Å². The number of aromatic nitrogens is 2. The minimum absolute atomic E-state index is 0.0336. The second-order valence-electron chi connectivity index (χ2n) is 2.53. The fraction of sp³-hybridized carbons (Fsp3) is 0.500. The van der Waals surface area contributed by atoms with Crippen LogP contribution < -0.4 is 0 Å². The maximum Gasteiger partial charge on any atom is 0.178 e. The lowest BCUT2D eigenvalue weighted by molar-refractivity contribution is 0.0856. The van der Waals surface area contributed by atoms with E-state index >= 15 is 0 Å². The molecule has 0 saturated carbocycles. The Hall–Kier alpha value is -0.810. The number of carbonyl (C=O) groups excluding carboxylic acids is 1. The van der Waals surface area contributed by atoms with E-state index in [0.29, 0.717) is 17.0 Å². The number of hydrogen-bond donors (Lipinski definition) is 1. The Kier molecular flexibility index (Phi) is 1.47. The van der Waals surface area contributed by atoms with Crippen LogP contribution in [0.3, 0.4) is 0 Å². The topological polar surface area (TPSA) is 63.1 Å². The minimum atomic E-state index is -0.557.